The first-order chi connectivity index (χ1) is 8.36. The van der Waals surface area contributed by atoms with Gasteiger partial charge in [-0.3, -0.25) is 4.99 Å². The topological polar surface area (TPSA) is 12.4 Å². The van der Waals surface area contributed by atoms with Gasteiger partial charge in [0.25, 0.3) is 0 Å². The number of benzene rings is 2. The van der Waals surface area contributed by atoms with Gasteiger partial charge in [-0.15, -0.1) is 0 Å². The highest BCUT2D eigenvalue weighted by Crippen LogP contribution is 2.15. The summed E-state index contributed by atoms with van der Waals surface area (Å²) in [6.45, 7) is 2.12. The molecule has 86 valence electrons. The minimum Gasteiger partial charge on any atom is -0.289 e. The summed E-state index contributed by atoms with van der Waals surface area (Å²) in [6.07, 6.45) is 2.91. The van der Waals surface area contributed by atoms with Gasteiger partial charge >= 0.3 is 0 Å². The van der Waals surface area contributed by atoms with Gasteiger partial charge in [-0.1, -0.05) is 60.7 Å². The van der Waals surface area contributed by atoms with E-state index in [0.29, 0.717) is 0 Å². The number of hydrogen-bond donors (Lipinski definition) is 0. The fourth-order valence-electron chi connectivity index (χ4n) is 1.75. The molecule has 1 heteroatoms. The maximum absolute atomic E-state index is 4.56. The Morgan fingerprint density at radius 3 is 2.18 bits per heavy atom. The Morgan fingerprint density at radius 1 is 0.941 bits per heavy atom. The van der Waals surface area contributed by atoms with E-state index in [0.717, 1.165) is 6.42 Å². The molecule has 17 heavy (non-hydrogen) atoms. The number of rotatable bonds is 4. The highest BCUT2D eigenvalue weighted by molar-refractivity contribution is 5.61. The Hall–Kier alpha value is -1.89. The van der Waals surface area contributed by atoms with E-state index in [9.17, 15) is 0 Å². The lowest BCUT2D eigenvalue weighted by Crippen LogP contribution is -1.91. The molecule has 1 nitrogen and oxygen atoms in total. The van der Waals surface area contributed by atoms with Gasteiger partial charge in [-0.25, -0.2) is 0 Å². The third-order valence-electron chi connectivity index (χ3n) is 2.78. The van der Waals surface area contributed by atoms with Crippen molar-refractivity contribution in [3.05, 3.63) is 71.8 Å². The molecule has 0 saturated carbocycles. The van der Waals surface area contributed by atoms with Crippen LogP contribution in [0.1, 0.15) is 24.1 Å². The van der Waals surface area contributed by atoms with Crippen LogP contribution in [0.4, 0.5) is 0 Å². The van der Waals surface area contributed by atoms with Crippen molar-refractivity contribution >= 4 is 6.21 Å². The SMILES string of the molecule is C[C@H](N=CCc1ccccc1)c1ccccc1. The molecule has 0 N–H and O–H groups in total. The van der Waals surface area contributed by atoms with Gasteiger partial charge < -0.3 is 0 Å². The molecule has 2 aromatic carbocycles. The predicted octanol–water partition coefficient (Wildman–Crippen LogP) is 4.06. The van der Waals surface area contributed by atoms with Crippen molar-refractivity contribution in [3.8, 4) is 0 Å². The Balaban J connectivity index is 1.93. The van der Waals surface area contributed by atoms with Gasteiger partial charge in [0.05, 0.1) is 6.04 Å². The Bertz CT molecular complexity index is 459. The third kappa shape index (κ3) is 3.56. The Morgan fingerprint density at radius 2 is 1.53 bits per heavy atom. The Kier molecular flexibility index (Phi) is 4.09. The van der Waals surface area contributed by atoms with Gasteiger partial charge in [-0.2, -0.15) is 0 Å². The number of hydrogen-bond acceptors (Lipinski definition) is 1. The van der Waals surface area contributed by atoms with Gasteiger partial charge in [0, 0.05) is 12.6 Å². The van der Waals surface area contributed by atoms with Crippen molar-refractivity contribution in [2.24, 2.45) is 4.99 Å². The molecule has 0 fully saturated rings. The van der Waals surface area contributed by atoms with Crippen molar-refractivity contribution in [1.29, 1.82) is 0 Å². The molecule has 0 unspecified atom stereocenters. The first kappa shape index (κ1) is 11.6. The Labute approximate surface area is 103 Å². The van der Waals surface area contributed by atoms with Crippen molar-refractivity contribution in [1.82, 2.24) is 0 Å². The van der Waals surface area contributed by atoms with E-state index in [4.69, 9.17) is 0 Å². The normalized spacial score (nSPS) is 12.8. The molecular weight excluding hydrogens is 206 g/mol. The van der Waals surface area contributed by atoms with Crippen LogP contribution in [-0.4, -0.2) is 6.21 Å². The standard InChI is InChI=1S/C16H17N/c1-14(16-10-6-3-7-11-16)17-13-12-15-8-4-2-5-9-15/h2-11,13-14H,12H2,1H3/t14-/m0/s1. The van der Waals surface area contributed by atoms with Crippen LogP contribution >= 0.6 is 0 Å². The first-order valence-corrected chi connectivity index (χ1v) is 5.97. The summed E-state index contributed by atoms with van der Waals surface area (Å²) < 4.78 is 0. The van der Waals surface area contributed by atoms with Crippen LogP contribution in [0.5, 0.6) is 0 Å². The summed E-state index contributed by atoms with van der Waals surface area (Å²) in [5.41, 5.74) is 2.56. The highest BCUT2D eigenvalue weighted by atomic mass is 14.7. The molecule has 0 amide bonds. The average Bonchev–Trinajstić information content (AvgIpc) is 2.41. The molecule has 0 saturated heterocycles. The highest BCUT2D eigenvalue weighted by Gasteiger charge is 1.99. The van der Waals surface area contributed by atoms with Crippen LogP contribution in [0.2, 0.25) is 0 Å². The van der Waals surface area contributed by atoms with E-state index >= 15 is 0 Å². The predicted molar refractivity (Wildman–Crippen MR) is 73.5 cm³/mol. The molecule has 1 atom stereocenters. The smallest absolute Gasteiger partial charge is 0.0717 e. The van der Waals surface area contributed by atoms with E-state index in [1.54, 1.807) is 0 Å². The van der Waals surface area contributed by atoms with Crippen molar-refractivity contribution in [2.45, 2.75) is 19.4 Å². The van der Waals surface area contributed by atoms with E-state index in [-0.39, 0.29) is 6.04 Å². The van der Waals surface area contributed by atoms with Gasteiger partial charge in [0.15, 0.2) is 0 Å². The molecule has 0 aliphatic heterocycles. The van der Waals surface area contributed by atoms with E-state index in [1.165, 1.54) is 11.1 Å². The molecular formula is C16H17N. The zero-order valence-electron chi connectivity index (χ0n) is 10.1. The van der Waals surface area contributed by atoms with Crippen LogP contribution in [0, 0.1) is 0 Å². The van der Waals surface area contributed by atoms with Crippen LogP contribution in [0.3, 0.4) is 0 Å². The third-order valence-corrected chi connectivity index (χ3v) is 2.78. The molecule has 0 spiro atoms. The molecule has 0 aliphatic rings. The van der Waals surface area contributed by atoms with Gasteiger partial charge in [-0.05, 0) is 18.1 Å². The largest absolute Gasteiger partial charge is 0.289 e. The lowest BCUT2D eigenvalue weighted by molar-refractivity contribution is 0.822. The molecule has 2 aromatic rings. The summed E-state index contributed by atoms with van der Waals surface area (Å²) in [5, 5.41) is 0. The summed E-state index contributed by atoms with van der Waals surface area (Å²) >= 11 is 0. The summed E-state index contributed by atoms with van der Waals surface area (Å²) in [5.74, 6) is 0. The minimum atomic E-state index is 0.236. The second-order valence-corrected chi connectivity index (χ2v) is 4.11. The van der Waals surface area contributed by atoms with Crippen molar-refractivity contribution < 1.29 is 0 Å². The van der Waals surface area contributed by atoms with E-state index in [2.05, 4.69) is 60.4 Å². The van der Waals surface area contributed by atoms with Crippen LogP contribution < -0.4 is 0 Å². The zero-order chi connectivity index (χ0) is 11.9. The van der Waals surface area contributed by atoms with Crippen molar-refractivity contribution in [2.75, 3.05) is 0 Å². The molecule has 0 bridgehead atoms. The molecule has 0 aliphatic carbocycles. The number of nitrogens with zero attached hydrogens (tertiary/aromatic N) is 1. The van der Waals surface area contributed by atoms with Gasteiger partial charge in [0.1, 0.15) is 0 Å². The summed E-state index contributed by atoms with van der Waals surface area (Å²) in [4.78, 5) is 4.56. The quantitative estimate of drug-likeness (QED) is 0.693. The number of aliphatic imine (C=N–C) groups is 1. The molecule has 0 radical (unpaired) electrons. The average molecular weight is 223 g/mol. The monoisotopic (exact) mass is 223 g/mol. The van der Waals surface area contributed by atoms with Gasteiger partial charge in [0.2, 0.25) is 0 Å². The molecule has 2 rings (SSSR count). The van der Waals surface area contributed by atoms with E-state index < -0.39 is 0 Å². The van der Waals surface area contributed by atoms with Crippen molar-refractivity contribution in [3.63, 3.8) is 0 Å². The maximum atomic E-state index is 4.56. The first-order valence-electron chi connectivity index (χ1n) is 5.97. The zero-order valence-corrected chi connectivity index (χ0v) is 10.1. The van der Waals surface area contributed by atoms with Crippen LogP contribution in [0.25, 0.3) is 0 Å². The fraction of sp³-hybridized carbons (Fsp3) is 0.188. The summed E-state index contributed by atoms with van der Waals surface area (Å²) in [7, 11) is 0. The lowest BCUT2D eigenvalue weighted by Gasteiger charge is -2.05. The molecule has 0 heterocycles. The second kappa shape index (κ2) is 6.00. The maximum Gasteiger partial charge on any atom is 0.0717 e. The molecule has 0 aromatic heterocycles. The minimum absolute atomic E-state index is 0.236. The second-order valence-electron chi connectivity index (χ2n) is 4.11. The van der Waals surface area contributed by atoms with Crippen LogP contribution in [-0.2, 0) is 6.42 Å². The van der Waals surface area contributed by atoms with Crippen LogP contribution in [0.15, 0.2) is 65.7 Å². The summed E-state index contributed by atoms with van der Waals surface area (Å²) in [6, 6.07) is 21.0. The van der Waals surface area contributed by atoms with E-state index in [1.807, 2.05) is 18.3 Å². The lowest BCUT2D eigenvalue weighted by atomic mass is 10.1. The fourth-order valence-corrected chi connectivity index (χ4v) is 1.75.